The van der Waals surface area contributed by atoms with Crippen LogP contribution in [0.5, 0.6) is 0 Å². The largest absolute Gasteiger partial charge is 0.351 e. The summed E-state index contributed by atoms with van der Waals surface area (Å²) in [4.78, 5) is 16.8. The van der Waals surface area contributed by atoms with E-state index >= 15 is 0 Å². The predicted molar refractivity (Wildman–Crippen MR) is 108 cm³/mol. The Kier molecular flexibility index (Phi) is 5.97. The lowest BCUT2D eigenvalue weighted by Gasteiger charge is -2.14. The van der Waals surface area contributed by atoms with Crippen LogP contribution < -0.4 is 10.0 Å². The summed E-state index contributed by atoms with van der Waals surface area (Å²) in [6, 6.07) is 11.7. The van der Waals surface area contributed by atoms with E-state index in [-0.39, 0.29) is 22.7 Å². The highest BCUT2D eigenvalue weighted by Gasteiger charge is 2.20. The van der Waals surface area contributed by atoms with Gasteiger partial charge in [0, 0.05) is 13.0 Å². The molecule has 0 bridgehead atoms. The number of nitrogens with one attached hydrogen (secondary N) is 2. The minimum Gasteiger partial charge on any atom is -0.351 e. The zero-order valence-corrected chi connectivity index (χ0v) is 17.2. The van der Waals surface area contributed by atoms with Crippen LogP contribution >= 0.6 is 0 Å². The number of aryl methyl sites for hydroxylation is 3. The molecule has 0 radical (unpaired) electrons. The summed E-state index contributed by atoms with van der Waals surface area (Å²) >= 11 is 0. The molecule has 9 heteroatoms. The van der Waals surface area contributed by atoms with Crippen LogP contribution in [0.15, 0.2) is 51.9 Å². The first kappa shape index (κ1) is 20.5. The van der Waals surface area contributed by atoms with E-state index < -0.39 is 15.9 Å². The second-order valence-corrected chi connectivity index (χ2v) is 8.31. The van der Waals surface area contributed by atoms with Crippen LogP contribution in [0.2, 0.25) is 0 Å². The van der Waals surface area contributed by atoms with Gasteiger partial charge in [-0.3, -0.25) is 9.52 Å². The van der Waals surface area contributed by atoms with E-state index in [1.165, 1.54) is 0 Å². The van der Waals surface area contributed by atoms with Crippen molar-refractivity contribution in [2.75, 3.05) is 11.3 Å². The fraction of sp³-hybridized carbons (Fsp3) is 0.250. The van der Waals surface area contributed by atoms with Gasteiger partial charge in [-0.05, 0) is 50.1 Å². The van der Waals surface area contributed by atoms with E-state index in [1.807, 2.05) is 13.0 Å². The molecule has 152 valence electrons. The summed E-state index contributed by atoms with van der Waals surface area (Å²) in [7, 11) is -3.85. The van der Waals surface area contributed by atoms with Gasteiger partial charge in [0.15, 0.2) is 5.82 Å². The van der Waals surface area contributed by atoms with E-state index in [2.05, 4.69) is 20.2 Å². The first-order valence-corrected chi connectivity index (χ1v) is 10.5. The Balaban J connectivity index is 1.76. The van der Waals surface area contributed by atoms with Gasteiger partial charge in [0.1, 0.15) is 0 Å². The standard InChI is InChI=1S/C20H22N4O4S/c1-13-8-9-14(2)18(12-13)29(26,27)24-17-7-5-4-6-16(17)20(25)21-11-10-19-22-15(3)23-28-19/h4-9,12,24H,10-11H2,1-3H3,(H,21,25). The molecule has 1 amide bonds. The highest BCUT2D eigenvalue weighted by atomic mass is 32.2. The molecule has 3 aromatic rings. The summed E-state index contributed by atoms with van der Waals surface area (Å²) in [5.74, 6) is 0.546. The number of benzene rings is 2. The normalized spacial score (nSPS) is 11.3. The van der Waals surface area contributed by atoms with Gasteiger partial charge in [0.2, 0.25) is 5.89 Å². The van der Waals surface area contributed by atoms with Crippen LogP contribution in [0.25, 0.3) is 0 Å². The van der Waals surface area contributed by atoms with Crippen LogP contribution in [0, 0.1) is 20.8 Å². The van der Waals surface area contributed by atoms with Crippen molar-refractivity contribution < 1.29 is 17.7 Å². The minimum atomic E-state index is -3.85. The SMILES string of the molecule is Cc1ccc(C)c(S(=O)(=O)Nc2ccccc2C(=O)NCCc2nc(C)no2)c1. The fourth-order valence-electron chi connectivity index (χ4n) is 2.79. The smallest absolute Gasteiger partial charge is 0.262 e. The third-order valence-corrected chi connectivity index (χ3v) is 5.75. The van der Waals surface area contributed by atoms with Gasteiger partial charge in [-0.1, -0.05) is 29.4 Å². The molecule has 0 saturated carbocycles. The maximum absolute atomic E-state index is 12.9. The monoisotopic (exact) mass is 414 g/mol. The molecule has 8 nitrogen and oxygen atoms in total. The van der Waals surface area contributed by atoms with Crippen LogP contribution in [0.1, 0.15) is 33.2 Å². The molecular formula is C20H22N4O4S. The number of hydrogen-bond acceptors (Lipinski definition) is 6. The van der Waals surface area contributed by atoms with Crippen LogP contribution in [-0.2, 0) is 16.4 Å². The molecule has 0 atom stereocenters. The van der Waals surface area contributed by atoms with E-state index in [0.29, 0.717) is 23.7 Å². The number of sulfonamides is 1. The zero-order valence-electron chi connectivity index (χ0n) is 16.4. The summed E-state index contributed by atoms with van der Waals surface area (Å²) in [5, 5.41) is 6.44. The average molecular weight is 414 g/mol. The second kappa shape index (κ2) is 8.44. The number of hydrogen-bond donors (Lipinski definition) is 2. The van der Waals surface area contributed by atoms with Gasteiger partial charge in [0.25, 0.3) is 15.9 Å². The predicted octanol–water partition coefficient (Wildman–Crippen LogP) is 2.77. The Morgan fingerprint density at radius 1 is 1.10 bits per heavy atom. The lowest BCUT2D eigenvalue weighted by molar-refractivity contribution is 0.0954. The Hall–Kier alpha value is -3.20. The van der Waals surface area contributed by atoms with Crippen LogP contribution in [0.4, 0.5) is 5.69 Å². The molecule has 0 saturated heterocycles. The van der Waals surface area contributed by atoms with Crippen molar-refractivity contribution in [3.05, 3.63) is 70.9 Å². The number of anilines is 1. The van der Waals surface area contributed by atoms with E-state index in [0.717, 1.165) is 5.56 Å². The number of carbonyl (C=O) groups is 1. The van der Waals surface area contributed by atoms with Crippen molar-refractivity contribution in [2.45, 2.75) is 32.1 Å². The molecule has 2 N–H and O–H groups in total. The number of amides is 1. The number of aromatic nitrogens is 2. The van der Waals surface area contributed by atoms with E-state index in [4.69, 9.17) is 4.52 Å². The molecule has 0 unspecified atom stereocenters. The third kappa shape index (κ3) is 5.00. The summed E-state index contributed by atoms with van der Waals surface area (Å²) in [6.45, 7) is 5.54. The molecular weight excluding hydrogens is 392 g/mol. The molecule has 1 heterocycles. The topological polar surface area (TPSA) is 114 Å². The number of para-hydroxylation sites is 1. The van der Waals surface area contributed by atoms with Gasteiger partial charge in [-0.15, -0.1) is 0 Å². The van der Waals surface area contributed by atoms with Crippen molar-refractivity contribution in [1.82, 2.24) is 15.5 Å². The van der Waals surface area contributed by atoms with Crippen molar-refractivity contribution in [3.63, 3.8) is 0 Å². The summed E-state index contributed by atoms with van der Waals surface area (Å²) in [6.07, 6.45) is 0.378. The highest BCUT2D eigenvalue weighted by Crippen LogP contribution is 2.23. The fourth-order valence-corrected chi connectivity index (χ4v) is 4.20. The van der Waals surface area contributed by atoms with Gasteiger partial charge in [-0.2, -0.15) is 4.98 Å². The first-order chi connectivity index (χ1) is 13.8. The molecule has 0 aliphatic carbocycles. The minimum absolute atomic E-state index is 0.180. The Labute approximate surface area is 169 Å². The molecule has 0 aliphatic rings. The summed E-state index contributed by atoms with van der Waals surface area (Å²) in [5.41, 5.74) is 1.89. The van der Waals surface area contributed by atoms with Crippen molar-refractivity contribution >= 4 is 21.6 Å². The van der Waals surface area contributed by atoms with Crippen LogP contribution in [-0.4, -0.2) is 31.0 Å². The zero-order chi connectivity index (χ0) is 21.0. The number of carbonyl (C=O) groups excluding carboxylic acids is 1. The maximum atomic E-state index is 12.9. The van der Waals surface area contributed by atoms with Crippen molar-refractivity contribution in [3.8, 4) is 0 Å². The van der Waals surface area contributed by atoms with Crippen molar-refractivity contribution in [2.24, 2.45) is 0 Å². The molecule has 29 heavy (non-hydrogen) atoms. The lowest BCUT2D eigenvalue weighted by Crippen LogP contribution is -2.27. The summed E-state index contributed by atoms with van der Waals surface area (Å²) < 4.78 is 33.3. The third-order valence-electron chi connectivity index (χ3n) is 4.24. The molecule has 2 aromatic carbocycles. The molecule has 0 fully saturated rings. The van der Waals surface area contributed by atoms with Gasteiger partial charge >= 0.3 is 0 Å². The lowest BCUT2D eigenvalue weighted by atomic mass is 10.1. The number of rotatable bonds is 7. The van der Waals surface area contributed by atoms with Crippen molar-refractivity contribution in [1.29, 1.82) is 0 Å². The van der Waals surface area contributed by atoms with Gasteiger partial charge in [-0.25, -0.2) is 8.42 Å². The highest BCUT2D eigenvalue weighted by molar-refractivity contribution is 7.92. The molecule has 3 rings (SSSR count). The van der Waals surface area contributed by atoms with Gasteiger partial charge in [0.05, 0.1) is 16.1 Å². The first-order valence-electron chi connectivity index (χ1n) is 9.03. The molecule has 1 aromatic heterocycles. The molecule has 0 spiro atoms. The molecule has 0 aliphatic heterocycles. The quantitative estimate of drug-likeness (QED) is 0.614. The van der Waals surface area contributed by atoms with Crippen LogP contribution in [0.3, 0.4) is 0 Å². The number of nitrogens with zero attached hydrogens (tertiary/aromatic N) is 2. The Morgan fingerprint density at radius 3 is 2.59 bits per heavy atom. The van der Waals surface area contributed by atoms with E-state index in [9.17, 15) is 13.2 Å². The Bertz CT molecular complexity index is 1140. The maximum Gasteiger partial charge on any atom is 0.262 e. The second-order valence-electron chi connectivity index (χ2n) is 6.66. The van der Waals surface area contributed by atoms with Gasteiger partial charge < -0.3 is 9.84 Å². The Morgan fingerprint density at radius 2 is 1.86 bits per heavy atom. The average Bonchev–Trinajstić information content (AvgIpc) is 3.08. The van der Waals surface area contributed by atoms with E-state index in [1.54, 1.807) is 50.2 Å².